The van der Waals surface area contributed by atoms with Crippen molar-refractivity contribution in [1.29, 1.82) is 0 Å². The molecule has 0 saturated heterocycles. The first-order chi connectivity index (χ1) is 21.2. The lowest BCUT2D eigenvalue weighted by molar-refractivity contribution is -0.181. The van der Waals surface area contributed by atoms with Crippen LogP contribution in [0.4, 0.5) is 5.69 Å². The first-order valence-electron chi connectivity index (χ1n) is 14.4. The number of anilines is 1. The number of ketones is 4. The molecule has 2 aromatic carbocycles. The number of likely N-dealkylation sites (N-methyl/N-ethyl adjacent to an activating group) is 1. The van der Waals surface area contributed by atoms with Crippen LogP contribution >= 0.6 is 0 Å². The number of nitrogens with two attached hydrogens (primary N) is 1. The van der Waals surface area contributed by atoms with Gasteiger partial charge in [-0.2, -0.15) is 0 Å². The van der Waals surface area contributed by atoms with Crippen molar-refractivity contribution in [3.8, 4) is 16.9 Å². The van der Waals surface area contributed by atoms with Crippen LogP contribution in [0.5, 0.6) is 5.75 Å². The van der Waals surface area contributed by atoms with Crippen molar-refractivity contribution in [2.45, 2.75) is 37.3 Å². The number of benzene rings is 2. The molecule has 2 amide bonds. The Hall–Kier alpha value is -4.75. The van der Waals surface area contributed by atoms with Crippen LogP contribution in [-0.4, -0.2) is 88.9 Å². The maximum atomic E-state index is 14.0. The predicted molar refractivity (Wildman–Crippen MR) is 157 cm³/mol. The molecule has 3 aliphatic carbocycles. The number of Topliss-reactive ketones (excluding diaryl/α,β-unsaturated/α-hetero) is 4. The number of hydrogen-bond donors (Lipinski definition) is 4. The van der Waals surface area contributed by atoms with E-state index in [1.165, 1.54) is 32.2 Å². The van der Waals surface area contributed by atoms with Gasteiger partial charge < -0.3 is 26.0 Å². The molecule has 5 N–H and O–H groups in total. The number of methoxy groups -OCH3 is 1. The minimum Gasteiger partial charge on any atom is -0.507 e. The third kappa shape index (κ3) is 5.11. The van der Waals surface area contributed by atoms with Gasteiger partial charge in [-0.15, -0.1) is 0 Å². The fourth-order valence-electron chi connectivity index (χ4n) is 7.15. The molecule has 45 heavy (non-hydrogen) atoms. The highest BCUT2D eigenvalue weighted by Crippen LogP contribution is 2.51. The molecule has 0 spiro atoms. The number of fused-ring (bicyclic) bond motifs is 3. The number of nitrogens with zero attached hydrogens (tertiary/aromatic N) is 1. The highest BCUT2D eigenvalue weighted by Gasteiger charge is 2.69. The van der Waals surface area contributed by atoms with E-state index in [0.717, 1.165) is 0 Å². The SMILES string of the molecule is COC(=O)CCC(=O)Nc1ccc(-c2ccc(O)c3c2C[C@H]2C[C@H]4C(N(C)C)C(=O)C(C(N)=O)C(=O)[C@@]4(O)C(=O)C2C3=O)cc1. The highest BCUT2D eigenvalue weighted by molar-refractivity contribution is 6.32. The summed E-state index contributed by atoms with van der Waals surface area (Å²) in [4.78, 5) is 91.7. The summed E-state index contributed by atoms with van der Waals surface area (Å²) >= 11 is 0. The van der Waals surface area contributed by atoms with Crippen LogP contribution in [0.15, 0.2) is 36.4 Å². The van der Waals surface area contributed by atoms with E-state index >= 15 is 0 Å². The van der Waals surface area contributed by atoms with Gasteiger partial charge in [-0.3, -0.25) is 38.5 Å². The number of phenols is 1. The number of primary amides is 1. The van der Waals surface area contributed by atoms with E-state index in [0.29, 0.717) is 22.4 Å². The monoisotopic (exact) mass is 619 g/mol. The van der Waals surface area contributed by atoms with Crippen molar-refractivity contribution in [3.05, 3.63) is 47.5 Å². The van der Waals surface area contributed by atoms with Gasteiger partial charge in [0, 0.05) is 18.0 Å². The third-order valence-corrected chi connectivity index (χ3v) is 9.21. The molecule has 0 heterocycles. The average molecular weight is 620 g/mol. The summed E-state index contributed by atoms with van der Waals surface area (Å²) in [6.45, 7) is 0. The average Bonchev–Trinajstić information content (AvgIpc) is 2.98. The zero-order valence-corrected chi connectivity index (χ0v) is 24.9. The van der Waals surface area contributed by atoms with Crippen molar-refractivity contribution in [1.82, 2.24) is 4.90 Å². The number of carbonyl (C=O) groups is 7. The van der Waals surface area contributed by atoms with E-state index in [1.54, 1.807) is 30.3 Å². The summed E-state index contributed by atoms with van der Waals surface area (Å²) in [6.07, 6.45) is -0.0774. The summed E-state index contributed by atoms with van der Waals surface area (Å²) in [6, 6.07) is 8.43. The molecule has 0 radical (unpaired) electrons. The van der Waals surface area contributed by atoms with Crippen LogP contribution in [0.1, 0.15) is 35.2 Å². The standard InChI is InChI=1S/C32H33N3O10/c1-35(2)26-19-13-15-12-18-17(14-4-6-16(7-5-14)34-21(37)10-11-22(38)45-3)8-9-20(36)24(18)27(39)23(15)29(41)32(19,44)30(42)25(28(26)40)31(33)43/h4-9,15,19,23,25-26,36,44H,10-13H2,1-3H3,(H2,33,43)(H,34,37)/t15-,19-,23?,25?,26?,32-/m0/s1. The first kappa shape index (κ1) is 31.7. The molecule has 13 nitrogen and oxygen atoms in total. The van der Waals surface area contributed by atoms with E-state index in [9.17, 15) is 43.8 Å². The highest BCUT2D eigenvalue weighted by atomic mass is 16.5. The zero-order chi connectivity index (χ0) is 33.0. The molecule has 13 heteroatoms. The number of aliphatic hydroxyl groups is 1. The number of amides is 2. The molecule has 5 rings (SSSR count). The van der Waals surface area contributed by atoms with Crippen molar-refractivity contribution in [3.63, 3.8) is 0 Å². The molecule has 0 bridgehead atoms. The van der Waals surface area contributed by atoms with Gasteiger partial charge in [0.1, 0.15) is 5.75 Å². The molecule has 6 atom stereocenters. The minimum absolute atomic E-state index is 0.0600. The second kappa shape index (κ2) is 11.6. The number of ether oxygens (including phenoxy) is 1. The number of nitrogens with one attached hydrogen (secondary N) is 1. The first-order valence-corrected chi connectivity index (χ1v) is 14.4. The topological polar surface area (TPSA) is 210 Å². The summed E-state index contributed by atoms with van der Waals surface area (Å²) in [7, 11) is 4.28. The van der Waals surface area contributed by atoms with Crippen LogP contribution in [0.25, 0.3) is 11.1 Å². The second-order valence-corrected chi connectivity index (χ2v) is 12.0. The van der Waals surface area contributed by atoms with Crippen molar-refractivity contribution in [2.24, 2.45) is 29.4 Å². The molecular formula is C32H33N3O10. The molecule has 2 fully saturated rings. The lowest BCUT2D eigenvalue weighted by Gasteiger charge is -2.52. The van der Waals surface area contributed by atoms with Crippen molar-refractivity contribution < 1.29 is 48.5 Å². The Bertz CT molecular complexity index is 1650. The van der Waals surface area contributed by atoms with E-state index in [4.69, 9.17) is 5.73 Å². The van der Waals surface area contributed by atoms with Crippen LogP contribution in [0.2, 0.25) is 0 Å². The number of aromatic hydroxyl groups is 1. The Kier molecular flexibility index (Phi) is 8.19. The molecule has 3 aliphatic rings. The van der Waals surface area contributed by atoms with Gasteiger partial charge in [0.25, 0.3) is 0 Å². The number of esters is 1. The van der Waals surface area contributed by atoms with E-state index in [2.05, 4.69) is 10.1 Å². The Morgan fingerprint density at radius 1 is 1.02 bits per heavy atom. The third-order valence-electron chi connectivity index (χ3n) is 9.21. The quantitative estimate of drug-likeness (QED) is 0.246. The fourth-order valence-corrected chi connectivity index (χ4v) is 7.15. The predicted octanol–water partition coefficient (Wildman–Crippen LogP) is 0.426. The molecule has 2 saturated carbocycles. The molecular weight excluding hydrogens is 586 g/mol. The zero-order valence-electron chi connectivity index (χ0n) is 24.9. The number of phenolic OH excluding ortho intramolecular Hbond substituents is 1. The van der Waals surface area contributed by atoms with E-state index in [-0.39, 0.29) is 42.9 Å². The maximum Gasteiger partial charge on any atom is 0.306 e. The van der Waals surface area contributed by atoms with Crippen LogP contribution in [0.3, 0.4) is 0 Å². The second-order valence-electron chi connectivity index (χ2n) is 12.0. The van der Waals surface area contributed by atoms with Gasteiger partial charge in [0.05, 0.1) is 31.1 Å². The molecule has 236 valence electrons. The Morgan fingerprint density at radius 2 is 1.69 bits per heavy atom. The normalized spacial score (nSPS) is 27.4. The number of rotatable bonds is 7. The smallest absolute Gasteiger partial charge is 0.306 e. The minimum atomic E-state index is -2.79. The molecule has 0 aliphatic heterocycles. The van der Waals surface area contributed by atoms with Crippen molar-refractivity contribution in [2.75, 3.05) is 26.5 Å². The van der Waals surface area contributed by atoms with Gasteiger partial charge in [0.2, 0.25) is 11.8 Å². The molecule has 3 unspecified atom stereocenters. The van der Waals surface area contributed by atoms with Crippen LogP contribution in [-0.2, 0) is 39.9 Å². The van der Waals surface area contributed by atoms with Gasteiger partial charge in [-0.1, -0.05) is 18.2 Å². The van der Waals surface area contributed by atoms with Crippen LogP contribution < -0.4 is 11.1 Å². The number of carbonyl (C=O) groups excluding carboxylic acids is 7. The lowest BCUT2D eigenvalue weighted by Crippen LogP contribution is -2.74. The summed E-state index contributed by atoms with van der Waals surface area (Å²) in [5.74, 6) is -12.0. The maximum absolute atomic E-state index is 14.0. The summed E-state index contributed by atoms with van der Waals surface area (Å²) in [5.41, 5.74) is 4.60. The Labute approximate surface area is 257 Å². The lowest BCUT2D eigenvalue weighted by atomic mass is 9.52. The summed E-state index contributed by atoms with van der Waals surface area (Å²) < 4.78 is 4.54. The number of hydrogen-bond acceptors (Lipinski definition) is 11. The van der Waals surface area contributed by atoms with Crippen LogP contribution in [0, 0.1) is 23.7 Å². The van der Waals surface area contributed by atoms with E-state index in [1.807, 2.05) is 0 Å². The Balaban J connectivity index is 1.49. The van der Waals surface area contributed by atoms with Gasteiger partial charge >= 0.3 is 5.97 Å². The van der Waals surface area contributed by atoms with Gasteiger partial charge in [0.15, 0.2) is 34.7 Å². The van der Waals surface area contributed by atoms with Gasteiger partial charge in [-0.25, -0.2) is 0 Å². The van der Waals surface area contributed by atoms with Gasteiger partial charge in [-0.05, 0) is 67.7 Å². The molecule has 2 aromatic rings. The largest absolute Gasteiger partial charge is 0.507 e. The Morgan fingerprint density at radius 3 is 2.29 bits per heavy atom. The van der Waals surface area contributed by atoms with Crippen molar-refractivity contribution >= 4 is 46.6 Å². The van der Waals surface area contributed by atoms with E-state index < -0.39 is 70.3 Å². The summed E-state index contributed by atoms with van der Waals surface area (Å²) in [5, 5.41) is 25.2. The fraction of sp³-hybridized carbons (Fsp3) is 0.406. The molecule has 0 aromatic heterocycles.